The molecule has 1 aromatic rings. The smallest absolute Gasteiger partial charge is 0.338 e. The number of Topliss-reactive ketones (excluding diaryl/α,β-unsaturated/α-hetero) is 1. The Kier molecular flexibility index (Phi) is 13.3. The fourth-order valence-electron chi connectivity index (χ4n) is 11.0. The van der Waals surface area contributed by atoms with Crippen LogP contribution in [0.2, 0.25) is 55.9 Å². The zero-order chi connectivity index (χ0) is 42.6. The molecule has 3 fully saturated rings. The van der Waals surface area contributed by atoms with Crippen LogP contribution in [-0.4, -0.2) is 96.1 Å². The number of aliphatic hydroxyl groups is 1. The van der Waals surface area contributed by atoms with Gasteiger partial charge in [0.15, 0.2) is 36.3 Å². The van der Waals surface area contributed by atoms with Crippen molar-refractivity contribution < 1.29 is 47.0 Å². The SMILES string of the molecule is CC[Si](CC)(CC)O[C@H]1C(=O)[C@]2(C)[C@@H](O[Si](CC)(CC)CC)C[C@H]3OC[C@@]3(OC(C)=O)[C@H]2[C@H](OC(=O)c2ccccc2)[C@]2(O)C[C@H](O[Si](C)(C)C)C(C)=C1C2(C)C. The first-order valence-electron chi connectivity index (χ1n) is 21.6. The van der Waals surface area contributed by atoms with E-state index in [1.165, 1.54) is 6.92 Å². The molecule has 4 aliphatic rings. The highest BCUT2D eigenvalue weighted by Gasteiger charge is 2.78. The summed E-state index contributed by atoms with van der Waals surface area (Å²) in [7, 11) is -7.27. The highest BCUT2D eigenvalue weighted by molar-refractivity contribution is 6.74. The van der Waals surface area contributed by atoms with Crippen molar-refractivity contribution in [2.24, 2.45) is 16.7 Å². The second-order valence-electron chi connectivity index (χ2n) is 19.1. The quantitative estimate of drug-likeness (QED) is 0.104. The molecule has 1 saturated heterocycles. The van der Waals surface area contributed by atoms with Gasteiger partial charge in [-0.3, -0.25) is 9.59 Å². The van der Waals surface area contributed by atoms with E-state index in [1.54, 1.807) is 24.3 Å². The highest BCUT2D eigenvalue weighted by Crippen LogP contribution is 2.65. The van der Waals surface area contributed by atoms with Crippen LogP contribution in [0.4, 0.5) is 0 Å². The molecule has 0 aromatic heterocycles. The van der Waals surface area contributed by atoms with E-state index in [4.69, 9.17) is 27.5 Å². The lowest BCUT2D eigenvalue weighted by Crippen LogP contribution is -2.82. The molecule has 9 atom stereocenters. The topological polar surface area (TPSA) is 127 Å². The van der Waals surface area contributed by atoms with Crippen LogP contribution in [0, 0.1) is 16.7 Å². The van der Waals surface area contributed by atoms with Crippen LogP contribution in [0.15, 0.2) is 41.5 Å². The predicted octanol–water partition coefficient (Wildman–Crippen LogP) is 9.00. The van der Waals surface area contributed by atoms with Crippen LogP contribution < -0.4 is 0 Å². The summed E-state index contributed by atoms with van der Waals surface area (Å²) < 4.78 is 41.6. The number of ether oxygens (including phenoxy) is 3. The maximum absolute atomic E-state index is 16.6. The molecule has 2 bridgehead atoms. The first-order valence-corrected chi connectivity index (χ1v) is 30.1. The molecular formula is C44H72O10Si3. The fourth-order valence-corrected chi connectivity index (χ4v) is 17.8. The van der Waals surface area contributed by atoms with Crippen molar-refractivity contribution in [3.8, 4) is 0 Å². The maximum Gasteiger partial charge on any atom is 0.338 e. The van der Waals surface area contributed by atoms with Crippen molar-refractivity contribution in [2.75, 3.05) is 6.61 Å². The average Bonchev–Trinajstić information content (AvgIpc) is 3.16. The summed E-state index contributed by atoms with van der Waals surface area (Å²) in [5.74, 6) is -2.45. The van der Waals surface area contributed by atoms with Crippen LogP contribution in [0.3, 0.4) is 0 Å². The van der Waals surface area contributed by atoms with E-state index in [0.29, 0.717) is 17.6 Å². The number of carbonyl (C=O) groups excluding carboxylic acids is 3. The normalized spacial score (nSPS) is 34.0. The largest absolute Gasteiger partial charge is 0.455 e. The Bertz CT molecular complexity index is 1670. The molecule has 2 saturated carbocycles. The number of hydrogen-bond donors (Lipinski definition) is 1. The van der Waals surface area contributed by atoms with Gasteiger partial charge in [-0.15, -0.1) is 0 Å². The Labute approximate surface area is 345 Å². The minimum Gasteiger partial charge on any atom is -0.455 e. The summed E-state index contributed by atoms with van der Waals surface area (Å²) in [4.78, 5) is 44.6. The van der Waals surface area contributed by atoms with Crippen LogP contribution in [0.1, 0.15) is 99.4 Å². The number of carbonyl (C=O) groups is 3. The van der Waals surface area contributed by atoms with Crippen LogP contribution >= 0.6 is 0 Å². The van der Waals surface area contributed by atoms with Gasteiger partial charge in [0.2, 0.25) is 0 Å². The molecular weight excluding hydrogens is 773 g/mol. The minimum absolute atomic E-state index is 0.0229. The molecule has 1 aliphatic heterocycles. The monoisotopic (exact) mass is 844 g/mol. The highest BCUT2D eigenvalue weighted by atomic mass is 28.4. The van der Waals surface area contributed by atoms with Gasteiger partial charge in [0, 0.05) is 25.2 Å². The van der Waals surface area contributed by atoms with Crippen molar-refractivity contribution in [2.45, 2.75) is 187 Å². The third-order valence-corrected chi connectivity index (χ3v) is 25.2. The zero-order valence-electron chi connectivity index (χ0n) is 37.3. The number of ketones is 1. The Balaban J connectivity index is 1.95. The molecule has 1 heterocycles. The van der Waals surface area contributed by atoms with Crippen LogP contribution in [0.5, 0.6) is 0 Å². The standard InChI is InChI=1S/C44H72O10Si3/c1-15-56(16-2,17-3)53-33-26-34-43(28-49-34,51-30(8)45)37-39(50-40(47)31-24-22-21-23-25-31)44(48)27-32(52-55(12,13)14)29(7)35(41(44,9)10)36(38(46)42(33,37)11)54-57(18-4,19-5)20-6/h21-25,32-34,36-37,39,48H,15-20,26-28H2,1-14H3/t32-,33-,34+,36+,37-,39-,42+,43-,44+/m0/s1. The molecule has 0 amide bonds. The van der Waals surface area contributed by atoms with Crippen molar-refractivity contribution in [3.05, 3.63) is 47.0 Å². The van der Waals surface area contributed by atoms with Gasteiger partial charge in [0.25, 0.3) is 0 Å². The number of benzene rings is 1. The molecule has 3 aliphatic carbocycles. The summed E-state index contributed by atoms with van der Waals surface area (Å²) in [6, 6.07) is 13.6. The molecule has 10 nitrogen and oxygen atoms in total. The van der Waals surface area contributed by atoms with Crippen molar-refractivity contribution in [1.82, 2.24) is 0 Å². The lowest BCUT2D eigenvalue weighted by molar-refractivity contribution is -0.344. The van der Waals surface area contributed by atoms with E-state index < -0.39 is 95.4 Å². The molecule has 1 N–H and O–H groups in total. The lowest BCUT2D eigenvalue weighted by Gasteiger charge is -2.68. The predicted molar refractivity (Wildman–Crippen MR) is 230 cm³/mol. The zero-order valence-corrected chi connectivity index (χ0v) is 40.3. The Morgan fingerprint density at radius 3 is 1.88 bits per heavy atom. The van der Waals surface area contributed by atoms with E-state index in [0.717, 1.165) is 41.8 Å². The van der Waals surface area contributed by atoms with Gasteiger partial charge in [-0.25, -0.2) is 4.79 Å². The number of fused-ring (bicyclic) bond motifs is 5. The van der Waals surface area contributed by atoms with E-state index in [-0.39, 0.29) is 18.8 Å². The molecule has 0 spiro atoms. The lowest BCUT2D eigenvalue weighted by atomic mass is 9.44. The van der Waals surface area contributed by atoms with E-state index in [2.05, 4.69) is 61.2 Å². The van der Waals surface area contributed by atoms with Gasteiger partial charge < -0.3 is 32.6 Å². The van der Waals surface area contributed by atoms with E-state index in [9.17, 15) is 14.7 Å². The molecule has 0 unspecified atom stereocenters. The number of rotatable bonds is 15. The van der Waals surface area contributed by atoms with Gasteiger partial charge in [-0.2, -0.15) is 0 Å². The average molecular weight is 845 g/mol. The van der Waals surface area contributed by atoms with Gasteiger partial charge in [0.1, 0.15) is 23.9 Å². The number of hydrogen-bond acceptors (Lipinski definition) is 10. The van der Waals surface area contributed by atoms with E-state index in [1.807, 2.05) is 33.8 Å². The summed E-state index contributed by atoms with van der Waals surface area (Å²) in [5, 5.41) is 14.1. The Morgan fingerprint density at radius 2 is 1.40 bits per heavy atom. The second-order valence-corrected chi connectivity index (χ2v) is 33.0. The van der Waals surface area contributed by atoms with Crippen LogP contribution in [0.25, 0.3) is 0 Å². The molecule has 0 radical (unpaired) electrons. The first kappa shape index (κ1) is 46.1. The molecule has 5 rings (SSSR count). The molecule has 320 valence electrons. The minimum atomic E-state index is -2.55. The van der Waals surface area contributed by atoms with Crippen molar-refractivity contribution in [1.29, 1.82) is 0 Å². The van der Waals surface area contributed by atoms with E-state index >= 15 is 4.79 Å². The molecule has 1 aromatic carbocycles. The van der Waals surface area contributed by atoms with Crippen LogP contribution in [-0.2, 0) is 37.1 Å². The summed E-state index contributed by atoms with van der Waals surface area (Å²) in [6.45, 7) is 28.4. The van der Waals surface area contributed by atoms with Gasteiger partial charge in [0.05, 0.1) is 35.7 Å². The van der Waals surface area contributed by atoms with Gasteiger partial charge in [-0.1, -0.05) is 73.6 Å². The summed E-state index contributed by atoms with van der Waals surface area (Å²) in [6.07, 6.45) is -4.00. The Morgan fingerprint density at radius 1 is 0.860 bits per heavy atom. The number of esters is 2. The van der Waals surface area contributed by atoms with Crippen molar-refractivity contribution in [3.63, 3.8) is 0 Å². The maximum atomic E-state index is 16.6. The third kappa shape index (κ3) is 7.67. The fraction of sp³-hybridized carbons (Fsp3) is 0.750. The summed E-state index contributed by atoms with van der Waals surface area (Å²) >= 11 is 0. The third-order valence-electron chi connectivity index (χ3n) is 15.0. The second kappa shape index (κ2) is 16.5. The molecule has 57 heavy (non-hydrogen) atoms. The molecule has 13 heteroatoms. The van der Waals surface area contributed by atoms with Gasteiger partial charge >= 0.3 is 11.9 Å². The first-order chi connectivity index (χ1) is 26.5. The van der Waals surface area contributed by atoms with Crippen molar-refractivity contribution >= 4 is 42.7 Å². The summed E-state index contributed by atoms with van der Waals surface area (Å²) in [5.41, 5.74) is -4.05. The van der Waals surface area contributed by atoms with Gasteiger partial charge in [-0.05, 0) is 93.0 Å². The Hall–Kier alpha value is -1.98.